The molecule has 0 spiro atoms. The van der Waals surface area contributed by atoms with Crippen LogP contribution in [0.1, 0.15) is 12.0 Å². The normalized spacial score (nSPS) is 19.6. The molecule has 0 aliphatic carbocycles. The van der Waals surface area contributed by atoms with Gasteiger partial charge >= 0.3 is 0 Å². The third-order valence-electron chi connectivity index (χ3n) is 3.53. The highest BCUT2D eigenvalue weighted by Crippen LogP contribution is 2.18. The van der Waals surface area contributed by atoms with Crippen LogP contribution in [0.5, 0.6) is 0 Å². The third-order valence-corrected chi connectivity index (χ3v) is 4.20. The van der Waals surface area contributed by atoms with E-state index in [9.17, 15) is 4.79 Å². The Hall–Kier alpha value is -0.660. The molecule has 1 aliphatic rings. The highest BCUT2D eigenvalue weighted by molar-refractivity contribution is 14.1. The summed E-state index contributed by atoms with van der Waals surface area (Å²) in [5, 5.41) is 2.98. The van der Waals surface area contributed by atoms with E-state index < -0.39 is 0 Å². The van der Waals surface area contributed by atoms with Gasteiger partial charge in [0.15, 0.2) is 0 Å². The number of carbonyl (C=O) groups excluding carboxylic acids is 1. The standard InChI is InChI=1S/C14H20IN3O/c1-10-6-12(15)2-3-13(10)17-14(19)9-18-5-4-11(7-16)8-18/h2-3,6,11H,4-5,7-9,16H2,1H3,(H,17,19). The van der Waals surface area contributed by atoms with Gasteiger partial charge in [-0.2, -0.15) is 0 Å². The second-order valence-electron chi connectivity index (χ2n) is 5.13. The molecule has 0 bridgehead atoms. The molecule has 0 aromatic heterocycles. The van der Waals surface area contributed by atoms with E-state index in [0.717, 1.165) is 30.8 Å². The molecular weight excluding hydrogens is 353 g/mol. The van der Waals surface area contributed by atoms with Crippen molar-refractivity contribution in [1.29, 1.82) is 0 Å². The molecule has 1 unspecified atom stereocenters. The van der Waals surface area contributed by atoms with E-state index >= 15 is 0 Å². The van der Waals surface area contributed by atoms with Gasteiger partial charge < -0.3 is 11.1 Å². The van der Waals surface area contributed by atoms with Gasteiger partial charge in [-0.1, -0.05) is 0 Å². The smallest absolute Gasteiger partial charge is 0.238 e. The first-order chi connectivity index (χ1) is 9.08. The van der Waals surface area contributed by atoms with E-state index in [0.29, 0.717) is 19.0 Å². The minimum Gasteiger partial charge on any atom is -0.330 e. The Bertz CT molecular complexity index is 464. The summed E-state index contributed by atoms with van der Waals surface area (Å²) in [6, 6.07) is 6.03. The SMILES string of the molecule is Cc1cc(I)ccc1NC(=O)CN1CCC(CN)C1. The molecule has 0 saturated carbocycles. The monoisotopic (exact) mass is 373 g/mol. The molecule has 5 heteroatoms. The van der Waals surface area contributed by atoms with E-state index in [1.54, 1.807) is 0 Å². The number of benzene rings is 1. The van der Waals surface area contributed by atoms with Crippen molar-refractivity contribution >= 4 is 34.2 Å². The van der Waals surface area contributed by atoms with Crippen molar-refractivity contribution in [3.05, 3.63) is 27.3 Å². The predicted octanol–water partition coefficient (Wildman–Crippen LogP) is 1.82. The maximum Gasteiger partial charge on any atom is 0.238 e. The number of halogens is 1. The van der Waals surface area contributed by atoms with Crippen molar-refractivity contribution in [3.8, 4) is 0 Å². The van der Waals surface area contributed by atoms with Crippen LogP contribution < -0.4 is 11.1 Å². The lowest BCUT2D eigenvalue weighted by atomic mass is 10.1. The highest BCUT2D eigenvalue weighted by Gasteiger charge is 2.22. The Kier molecular flexibility index (Phi) is 5.18. The Morgan fingerprint density at radius 2 is 2.37 bits per heavy atom. The van der Waals surface area contributed by atoms with Crippen LogP contribution >= 0.6 is 22.6 Å². The first-order valence-electron chi connectivity index (χ1n) is 6.57. The Morgan fingerprint density at radius 1 is 1.58 bits per heavy atom. The van der Waals surface area contributed by atoms with Crippen molar-refractivity contribution < 1.29 is 4.79 Å². The number of hydrogen-bond acceptors (Lipinski definition) is 3. The summed E-state index contributed by atoms with van der Waals surface area (Å²) in [6.45, 7) is 5.10. The summed E-state index contributed by atoms with van der Waals surface area (Å²) in [5.41, 5.74) is 7.66. The molecule has 4 nitrogen and oxygen atoms in total. The summed E-state index contributed by atoms with van der Waals surface area (Å²) in [7, 11) is 0. The molecule has 19 heavy (non-hydrogen) atoms. The van der Waals surface area contributed by atoms with Crippen molar-refractivity contribution in [1.82, 2.24) is 4.90 Å². The van der Waals surface area contributed by atoms with E-state index in [4.69, 9.17) is 5.73 Å². The summed E-state index contributed by atoms with van der Waals surface area (Å²) < 4.78 is 1.18. The van der Waals surface area contributed by atoms with Crippen LogP contribution in [0.2, 0.25) is 0 Å². The van der Waals surface area contributed by atoms with Crippen molar-refractivity contribution in [2.45, 2.75) is 13.3 Å². The van der Waals surface area contributed by atoms with Gasteiger partial charge in [-0.05, 0) is 78.7 Å². The molecule has 1 aliphatic heterocycles. The third kappa shape index (κ3) is 4.15. The van der Waals surface area contributed by atoms with Gasteiger partial charge in [0.25, 0.3) is 0 Å². The molecule has 1 aromatic carbocycles. The first-order valence-corrected chi connectivity index (χ1v) is 7.65. The zero-order valence-electron chi connectivity index (χ0n) is 11.2. The maximum atomic E-state index is 12.0. The highest BCUT2D eigenvalue weighted by atomic mass is 127. The fourth-order valence-electron chi connectivity index (χ4n) is 2.41. The minimum atomic E-state index is 0.0574. The van der Waals surface area contributed by atoms with Crippen LogP contribution in [-0.4, -0.2) is 37.0 Å². The molecule has 1 atom stereocenters. The van der Waals surface area contributed by atoms with E-state index in [-0.39, 0.29) is 5.91 Å². The van der Waals surface area contributed by atoms with Gasteiger partial charge in [0.1, 0.15) is 0 Å². The number of amides is 1. The molecule has 1 amide bonds. The first kappa shape index (κ1) is 14.7. The molecule has 1 aromatic rings. The number of nitrogens with zero attached hydrogens (tertiary/aromatic N) is 1. The van der Waals surface area contributed by atoms with Crippen molar-refractivity contribution in [3.63, 3.8) is 0 Å². The predicted molar refractivity (Wildman–Crippen MR) is 86.1 cm³/mol. The van der Waals surface area contributed by atoms with Crippen LogP contribution in [0, 0.1) is 16.4 Å². The number of anilines is 1. The fraction of sp³-hybridized carbons (Fsp3) is 0.500. The lowest BCUT2D eigenvalue weighted by molar-refractivity contribution is -0.117. The van der Waals surface area contributed by atoms with Crippen molar-refractivity contribution in [2.24, 2.45) is 11.7 Å². The summed E-state index contributed by atoms with van der Waals surface area (Å²) in [5.74, 6) is 0.606. The average molecular weight is 373 g/mol. The quantitative estimate of drug-likeness (QED) is 0.792. The van der Waals surface area contributed by atoms with Gasteiger partial charge in [0.2, 0.25) is 5.91 Å². The molecule has 3 N–H and O–H groups in total. The van der Waals surface area contributed by atoms with Gasteiger partial charge in [0.05, 0.1) is 6.54 Å². The molecule has 104 valence electrons. The van der Waals surface area contributed by atoms with Crippen LogP contribution in [0.15, 0.2) is 18.2 Å². The number of aryl methyl sites for hydroxylation is 1. The largest absolute Gasteiger partial charge is 0.330 e. The van der Waals surface area contributed by atoms with E-state index in [1.807, 2.05) is 19.1 Å². The van der Waals surface area contributed by atoms with E-state index in [2.05, 4.69) is 38.9 Å². The summed E-state index contributed by atoms with van der Waals surface area (Å²) in [4.78, 5) is 14.2. The van der Waals surface area contributed by atoms with Gasteiger partial charge in [-0.25, -0.2) is 0 Å². The van der Waals surface area contributed by atoms with Crippen molar-refractivity contribution in [2.75, 3.05) is 31.5 Å². The second-order valence-corrected chi connectivity index (χ2v) is 6.38. The van der Waals surface area contributed by atoms with Crippen LogP contribution in [0.3, 0.4) is 0 Å². The van der Waals surface area contributed by atoms with Crippen LogP contribution in [0.4, 0.5) is 5.69 Å². The van der Waals surface area contributed by atoms with Gasteiger partial charge in [-0.3, -0.25) is 9.69 Å². The molecule has 1 heterocycles. The Balaban J connectivity index is 1.87. The second kappa shape index (κ2) is 6.67. The van der Waals surface area contributed by atoms with Gasteiger partial charge in [-0.15, -0.1) is 0 Å². The number of nitrogens with two attached hydrogens (primary N) is 1. The molecule has 0 radical (unpaired) electrons. The van der Waals surface area contributed by atoms with Gasteiger partial charge in [0, 0.05) is 15.8 Å². The zero-order valence-corrected chi connectivity index (χ0v) is 13.3. The number of carbonyl (C=O) groups is 1. The number of nitrogens with one attached hydrogen (secondary N) is 1. The molecular formula is C14H20IN3O. The minimum absolute atomic E-state index is 0.0574. The topological polar surface area (TPSA) is 58.4 Å². The number of rotatable bonds is 4. The maximum absolute atomic E-state index is 12.0. The summed E-state index contributed by atoms with van der Waals surface area (Å²) >= 11 is 2.27. The Labute approximate surface area is 127 Å². The van der Waals surface area contributed by atoms with Crippen LogP contribution in [0.25, 0.3) is 0 Å². The van der Waals surface area contributed by atoms with Crippen LogP contribution in [-0.2, 0) is 4.79 Å². The lowest BCUT2D eigenvalue weighted by Crippen LogP contribution is -2.32. The number of likely N-dealkylation sites (tertiary alicyclic amines) is 1. The fourth-order valence-corrected chi connectivity index (χ4v) is 3.06. The lowest BCUT2D eigenvalue weighted by Gasteiger charge is -2.16. The average Bonchev–Trinajstić information content (AvgIpc) is 2.80. The Morgan fingerprint density at radius 3 is 3.00 bits per heavy atom. The molecule has 2 rings (SSSR count). The number of hydrogen-bond donors (Lipinski definition) is 2. The summed E-state index contributed by atoms with van der Waals surface area (Å²) in [6.07, 6.45) is 1.10. The zero-order chi connectivity index (χ0) is 13.8. The molecule has 1 fully saturated rings. The van der Waals surface area contributed by atoms with E-state index in [1.165, 1.54) is 3.57 Å². The molecule has 1 saturated heterocycles.